The Morgan fingerprint density at radius 3 is 2.68 bits per heavy atom. The maximum absolute atomic E-state index is 12.6. The van der Waals surface area contributed by atoms with Gasteiger partial charge in [-0.15, -0.1) is 0 Å². The monoisotopic (exact) mass is 418 g/mol. The standard InChI is InChI=1S/C24H22N2O5/c1-31-24(30)18-6-8-20-17(12-18)5-9-21(23(29)26-20)25-22(28)11-14-2-3-16-13-19(27)7-4-15(16)10-14/h2-4,6-8,10,12-13,21,27H,5,9,11H2,1H3,(H,25,28)(H,26,29). The van der Waals surface area contributed by atoms with E-state index in [1.807, 2.05) is 18.2 Å². The minimum absolute atomic E-state index is 0.139. The number of hydrogen-bond acceptors (Lipinski definition) is 5. The summed E-state index contributed by atoms with van der Waals surface area (Å²) >= 11 is 0. The maximum Gasteiger partial charge on any atom is 0.337 e. The molecule has 1 aliphatic rings. The number of esters is 1. The summed E-state index contributed by atoms with van der Waals surface area (Å²) in [5.74, 6) is -0.780. The third kappa shape index (κ3) is 4.50. The van der Waals surface area contributed by atoms with Crippen molar-refractivity contribution in [2.75, 3.05) is 12.4 Å². The van der Waals surface area contributed by atoms with Gasteiger partial charge in [0.15, 0.2) is 0 Å². The Balaban J connectivity index is 1.43. The summed E-state index contributed by atoms with van der Waals surface area (Å²) in [5.41, 5.74) is 2.69. The number of phenolic OH excluding ortho intramolecular Hbond substituents is 1. The molecule has 0 radical (unpaired) electrons. The lowest BCUT2D eigenvalue weighted by atomic mass is 10.0. The lowest BCUT2D eigenvalue weighted by Crippen LogP contribution is -2.43. The first kappa shape index (κ1) is 20.4. The van der Waals surface area contributed by atoms with Gasteiger partial charge in [0.25, 0.3) is 0 Å². The molecule has 3 aromatic carbocycles. The highest BCUT2D eigenvalue weighted by atomic mass is 16.5. The summed E-state index contributed by atoms with van der Waals surface area (Å²) < 4.78 is 4.75. The fraction of sp³-hybridized carbons (Fsp3) is 0.208. The summed E-state index contributed by atoms with van der Waals surface area (Å²) in [6, 6.07) is 15.0. The van der Waals surface area contributed by atoms with Crippen molar-refractivity contribution >= 4 is 34.2 Å². The van der Waals surface area contributed by atoms with Gasteiger partial charge in [-0.3, -0.25) is 9.59 Å². The number of benzene rings is 3. The Morgan fingerprint density at radius 1 is 1.10 bits per heavy atom. The molecule has 0 bridgehead atoms. The van der Waals surface area contributed by atoms with Crippen LogP contribution in [0.4, 0.5) is 5.69 Å². The first-order valence-corrected chi connectivity index (χ1v) is 9.96. The molecule has 0 aromatic heterocycles. The van der Waals surface area contributed by atoms with Crippen LogP contribution in [-0.4, -0.2) is 36.0 Å². The highest BCUT2D eigenvalue weighted by Crippen LogP contribution is 2.24. The molecule has 0 spiro atoms. The molecule has 4 rings (SSSR count). The SMILES string of the molecule is COC(=O)c1ccc2c(c1)CCC(NC(=O)Cc1ccc3cc(O)ccc3c1)C(=O)N2. The number of amides is 2. The van der Waals surface area contributed by atoms with Gasteiger partial charge in [0.2, 0.25) is 11.8 Å². The molecule has 7 heteroatoms. The van der Waals surface area contributed by atoms with Crippen LogP contribution in [0.5, 0.6) is 5.75 Å². The molecule has 0 aliphatic carbocycles. The molecule has 1 heterocycles. The first-order valence-electron chi connectivity index (χ1n) is 9.96. The molecule has 0 fully saturated rings. The Bertz CT molecular complexity index is 1190. The van der Waals surface area contributed by atoms with Crippen molar-refractivity contribution in [2.45, 2.75) is 25.3 Å². The Labute approximate surface area is 179 Å². The number of nitrogens with one attached hydrogen (secondary N) is 2. The van der Waals surface area contributed by atoms with Crippen molar-refractivity contribution in [2.24, 2.45) is 0 Å². The van der Waals surface area contributed by atoms with Gasteiger partial charge in [0, 0.05) is 5.69 Å². The van der Waals surface area contributed by atoms with E-state index in [1.165, 1.54) is 7.11 Å². The van der Waals surface area contributed by atoms with Crippen LogP contribution in [0, 0.1) is 0 Å². The number of hydrogen-bond donors (Lipinski definition) is 3. The number of aromatic hydroxyl groups is 1. The number of ether oxygens (including phenoxy) is 1. The zero-order valence-electron chi connectivity index (χ0n) is 17.0. The lowest BCUT2D eigenvalue weighted by Gasteiger charge is -2.15. The fourth-order valence-corrected chi connectivity index (χ4v) is 3.78. The normalized spacial score (nSPS) is 15.5. The van der Waals surface area contributed by atoms with E-state index < -0.39 is 12.0 Å². The van der Waals surface area contributed by atoms with Crippen LogP contribution in [0.2, 0.25) is 0 Å². The van der Waals surface area contributed by atoms with E-state index in [2.05, 4.69) is 10.6 Å². The van der Waals surface area contributed by atoms with E-state index in [1.54, 1.807) is 36.4 Å². The zero-order chi connectivity index (χ0) is 22.0. The third-order valence-corrected chi connectivity index (χ3v) is 5.39. The van der Waals surface area contributed by atoms with Crippen LogP contribution in [0.15, 0.2) is 54.6 Å². The van der Waals surface area contributed by atoms with E-state index in [0.29, 0.717) is 24.1 Å². The van der Waals surface area contributed by atoms with Crippen molar-refractivity contribution in [3.63, 3.8) is 0 Å². The molecule has 7 nitrogen and oxygen atoms in total. The van der Waals surface area contributed by atoms with Gasteiger partial charge in [-0.25, -0.2) is 4.79 Å². The number of phenols is 1. The first-order chi connectivity index (χ1) is 14.9. The molecule has 31 heavy (non-hydrogen) atoms. The topological polar surface area (TPSA) is 105 Å². The molecule has 3 aromatic rings. The second-order valence-electron chi connectivity index (χ2n) is 7.55. The van der Waals surface area contributed by atoms with Crippen molar-refractivity contribution in [3.05, 3.63) is 71.3 Å². The molecule has 2 amide bonds. The predicted molar refractivity (Wildman–Crippen MR) is 116 cm³/mol. The molecule has 0 saturated carbocycles. The molecule has 158 valence electrons. The number of methoxy groups -OCH3 is 1. The van der Waals surface area contributed by atoms with Crippen LogP contribution in [0.1, 0.15) is 27.9 Å². The minimum Gasteiger partial charge on any atom is -0.508 e. The fourth-order valence-electron chi connectivity index (χ4n) is 3.78. The summed E-state index contributed by atoms with van der Waals surface area (Å²) in [4.78, 5) is 36.9. The van der Waals surface area contributed by atoms with E-state index in [0.717, 1.165) is 21.9 Å². The molecule has 3 N–H and O–H groups in total. The van der Waals surface area contributed by atoms with Crippen LogP contribution < -0.4 is 10.6 Å². The van der Waals surface area contributed by atoms with Crippen LogP contribution in [0.25, 0.3) is 10.8 Å². The van der Waals surface area contributed by atoms with Gasteiger partial charge in [-0.05, 0) is 65.1 Å². The minimum atomic E-state index is -0.668. The number of carbonyl (C=O) groups excluding carboxylic acids is 3. The molecule has 1 aliphatic heterocycles. The van der Waals surface area contributed by atoms with Gasteiger partial charge in [0.05, 0.1) is 19.1 Å². The second-order valence-corrected chi connectivity index (χ2v) is 7.55. The van der Waals surface area contributed by atoms with E-state index in [-0.39, 0.29) is 24.0 Å². The Hall–Kier alpha value is -3.87. The highest BCUT2D eigenvalue weighted by molar-refractivity contribution is 5.99. The maximum atomic E-state index is 12.6. The highest BCUT2D eigenvalue weighted by Gasteiger charge is 2.25. The Kier molecular flexibility index (Phi) is 5.58. The second kappa shape index (κ2) is 8.47. The number of aryl methyl sites for hydroxylation is 1. The van der Waals surface area contributed by atoms with E-state index in [9.17, 15) is 19.5 Å². The molecular formula is C24H22N2O5. The lowest BCUT2D eigenvalue weighted by molar-refractivity contribution is -0.126. The van der Waals surface area contributed by atoms with Crippen molar-refractivity contribution in [1.82, 2.24) is 5.32 Å². The smallest absolute Gasteiger partial charge is 0.337 e. The summed E-state index contributed by atoms with van der Waals surface area (Å²) in [6.45, 7) is 0. The van der Waals surface area contributed by atoms with E-state index >= 15 is 0 Å². The third-order valence-electron chi connectivity index (χ3n) is 5.39. The van der Waals surface area contributed by atoms with Gasteiger partial charge in [0.1, 0.15) is 11.8 Å². The van der Waals surface area contributed by atoms with Crippen LogP contribution in [0.3, 0.4) is 0 Å². The number of anilines is 1. The van der Waals surface area contributed by atoms with Crippen molar-refractivity contribution in [1.29, 1.82) is 0 Å². The van der Waals surface area contributed by atoms with Gasteiger partial charge >= 0.3 is 5.97 Å². The quantitative estimate of drug-likeness (QED) is 0.565. The predicted octanol–water partition coefficient (Wildman–Crippen LogP) is 2.94. The zero-order valence-corrected chi connectivity index (χ0v) is 17.0. The van der Waals surface area contributed by atoms with Crippen LogP contribution >= 0.6 is 0 Å². The average molecular weight is 418 g/mol. The summed E-state index contributed by atoms with van der Waals surface area (Å²) in [5, 5.41) is 17.0. The number of fused-ring (bicyclic) bond motifs is 2. The van der Waals surface area contributed by atoms with Crippen LogP contribution in [-0.2, 0) is 27.2 Å². The molecule has 1 atom stereocenters. The summed E-state index contributed by atoms with van der Waals surface area (Å²) in [7, 11) is 1.32. The number of rotatable bonds is 4. The largest absolute Gasteiger partial charge is 0.508 e. The van der Waals surface area contributed by atoms with Gasteiger partial charge in [-0.2, -0.15) is 0 Å². The van der Waals surface area contributed by atoms with Crippen molar-refractivity contribution in [3.8, 4) is 5.75 Å². The van der Waals surface area contributed by atoms with E-state index in [4.69, 9.17) is 4.74 Å². The Morgan fingerprint density at radius 2 is 1.87 bits per heavy atom. The molecule has 0 saturated heterocycles. The van der Waals surface area contributed by atoms with Crippen molar-refractivity contribution < 1.29 is 24.2 Å². The van der Waals surface area contributed by atoms with Gasteiger partial charge in [-0.1, -0.05) is 24.3 Å². The average Bonchev–Trinajstić information content (AvgIpc) is 2.91. The van der Waals surface area contributed by atoms with Gasteiger partial charge < -0.3 is 20.5 Å². The molecular weight excluding hydrogens is 396 g/mol. The number of carbonyl (C=O) groups is 3. The molecule has 1 unspecified atom stereocenters. The summed E-state index contributed by atoms with van der Waals surface area (Å²) in [6.07, 6.45) is 1.09.